The number of halogens is 4. The van der Waals surface area contributed by atoms with Crippen LogP contribution in [0.3, 0.4) is 0 Å². The standard InChI is InChI=1S/C18H10Cl4N6/c19-9-3-1-7(5-11(9)21)13-14(8-2-4-10(20)12(22)6-8)26-17-15(25-13)16(23)27-18(24)28-17/h1-6H,(H4,23,24,26,27,28). The number of benzene rings is 2. The van der Waals surface area contributed by atoms with Crippen LogP contribution >= 0.6 is 46.4 Å². The molecule has 0 atom stereocenters. The second-order valence-corrected chi connectivity index (χ2v) is 7.45. The quantitative estimate of drug-likeness (QED) is 0.415. The highest BCUT2D eigenvalue weighted by atomic mass is 35.5. The van der Waals surface area contributed by atoms with Crippen LogP contribution in [-0.4, -0.2) is 19.9 Å². The van der Waals surface area contributed by atoms with Crippen LogP contribution < -0.4 is 11.5 Å². The van der Waals surface area contributed by atoms with Crippen LogP contribution in [0.1, 0.15) is 0 Å². The fourth-order valence-electron chi connectivity index (χ4n) is 2.68. The largest absolute Gasteiger partial charge is 0.382 e. The van der Waals surface area contributed by atoms with Gasteiger partial charge < -0.3 is 11.5 Å². The van der Waals surface area contributed by atoms with Crippen molar-refractivity contribution in [2.75, 3.05) is 11.5 Å². The Kier molecular flexibility index (Phi) is 4.89. The molecule has 0 unspecified atom stereocenters. The van der Waals surface area contributed by atoms with Gasteiger partial charge in [-0.05, 0) is 24.3 Å². The second kappa shape index (κ2) is 7.22. The van der Waals surface area contributed by atoms with Gasteiger partial charge in [0.15, 0.2) is 17.0 Å². The van der Waals surface area contributed by atoms with E-state index in [0.29, 0.717) is 48.1 Å². The molecule has 0 saturated heterocycles. The van der Waals surface area contributed by atoms with Crippen molar-refractivity contribution in [3.63, 3.8) is 0 Å². The topological polar surface area (TPSA) is 104 Å². The number of rotatable bonds is 2. The van der Waals surface area contributed by atoms with E-state index in [1.807, 2.05) is 0 Å². The summed E-state index contributed by atoms with van der Waals surface area (Å²) < 4.78 is 0. The predicted molar refractivity (Wildman–Crippen MR) is 115 cm³/mol. The van der Waals surface area contributed by atoms with Crippen LogP contribution in [0.4, 0.5) is 11.8 Å². The summed E-state index contributed by atoms with van der Waals surface area (Å²) >= 11 is 24.5. The molecule has 2 heterocycles. The third kappa shape index (κ3) is 3.40. The van der Waals surface area contributed by atoms with E-state index < -0.39 is 0 Å². The van der Waals surface area contributed by atoms with E-state index in [4.69, 9.17) is 57.9 Å². The molecule has 6 nitrogen and oxygen atoms in total. The molecule has 0 amide bonds. The van der Waals surface area contributed by atoms with Gasteiger partial charge in [0, 0.05) is 11.1 Å². The summed E-state index contributed by atoms with van der Waals surface area (Å²) in [6, 6.07) is 10.3. The molecule has 0 saturated carbocycles. The Balaban J connectivity index is 2.07. The summed E-state index contributed by atoms with van der Waals surface area (Å²) in [5.74, 6) is 0.124. The van der Waals surface area contributed by atoms with Crippen molar-refractivity contribution in [1.82, 2.24) is 19.9 Å². The normalized spacial score (nSPS) is 11.1. The maximum absolute atomic E-state index is 6.19. The fourth-order valence-corrected chi connectivity index (χ4v) is 3.27. The molecule has 4 rings (SSSR count). The van der Waals surface area contributed by atoms with Gasteiger partial charge in [0.2, 0.25) is 5.95 Å². The lowest BCUT2D eigenvalue weighted by Gasteiger charge is -2.12. The number of hydrogen-bond donors (Lipinski definition) is 2. The van der Waals surface area contributed by atoms with Crippen molar-refractivity contribution in [1.29, 1.82) is 0 Å². The van der Waals surface area contributed by atoms with Gasteiger partial charge in [0.25, 0.3) is 0 Å². The molecule has 10 heteroatoms. The minimum atomic E-state index is 0.00155. The molecule has 4 N–H and O–H groups in total. The lowest BCUT2D eigenvalue weighted by atomic mass is 10.0. The maximum Gasteiger partial charge on any atom is 0.224 e. The number of anilines is 2. The number of aromatic nitrogens is 4. The van der Waals surface area contributed by atoms with E-state index >= 15 is 0 Å². The van der Waals surface area contributed by atoms with Crippen molar-refractivity contribution in [2.45, 2.75) is 0 Å². The van der Waals surface area contributed by atoms with Gasteiger partial charge in [-0.2, -0.15) is 9.97 Å². The number of fused-ring (bicyclic) bond motifs is 1. The van der Waals surface area contributed by atoms with Crippen molar-refractivity contribution in [3.05, 3.63) is 56.5 Å². The molecule has 0 radical (unpaired) electrons. The van der Waals surface area contributed by atoms with Crippen molar-refractivity contribution < 1.29 is 0 Å². The zero-order chi connectivity index (χ0) is 20.0. The Hall–Kier alpha value is -2.38. The van der Waals surface area contributed by atoms with Crippen LogP contribution in [-0.2, 0) is 0 Å². The van der Waals surface area contributed by atoms with E-state index in [-0.39, 0.29) is 17.4 Å². The van der Waals surface area contributed by atoms with Crippen molar-refractivity contribution in [3.8, 4) is 22.5 Å². The van der Waals surface area contributed by atoms with E-state index in [1.54, 1.807) is 36.4 Å². The first-order valence-corrected chi connectivity index (χ1v) is 9.36. The van der Waals surface area contributed by atoms with Crippen LogP contribution in [0.15, 0.2) is 36.4 Å². The molecule has 2 aromatic heterocycles. The SMILES string of the molecule is Nc1nc(N)c2nc(-c3ccc(Cl)c(Cl)c3)c(-c3ccc(Cl)c(Cl)c3)nc2n1. The van der Waals surface area contributed by atoms with E-state index in [9.17, 15) is 0 Å². The fraction of sp³-hybridized carbons (Fsp3) is 0. The number of hydrogen-bond acceptors (Lipinski definition) is 6. The molecule has 2 aromatic carbocycles. The second-order valence-electron chi connectivity index (χ2n) is 5.82. The summed E-state index contributed by atoms with van der Waals surface area (Å²) in [5.41, 5.74) is 14.6. The Morgan fingerprint density at radius 3 is 1.68 bits per heavy atom. The van der Waals surface area contributed by atoms with Gasteiger partial charge in [0.05, 0.1) is 31.5 Å². The van der Waals surface area contributed by atoms with Gasteiger partial charge in [-0.25, -0.2) is 9.97 Å². The van der Waals surface area contributed by atoms with Crippen molar-refractivity contribution >= 4 is 69.3 Å². The zero-order valence-electron chi connectivity index (χ0n) is 13.9. The summed E-state index contributed by atoms with van der Waals surface area (Å²) in [6.45, 7) is 0. The van der Waals surface area contributed by atoms with Gasteiger partial charge >= 0.3 is 0 Å². The molecule has 0 aliphatic rings. The molecule has 0 fully saturated rings. The Morgan fingerprint density at radius 1 is 0.607 bits per heavy atom. The summed E-state index contributed by atoms with van der Waals surface area (Å²) in [7, 11) is 0. The molecular formula is C18H10Cl4N6. The summed E-state index contributed by atoms with van der Waals surface area (Å²) in [6.07, 6.45) is 0. The zero-order valence-corrected chi connectivity index (χ0v) is 16.9. The number of nitrogen functional groups attached to an aromatic ring is 2. The molecule has 4 aromatic rings. The molecule has 0 aliphatic heterocycles. The molecule has 28 heavy (non-hydrogen) atoms. The van der Waals surface area contributed by atoms with Crippen molar-refractivity contribution in [2.24, 2.45) is 0 Å². The van der Waals surface area contributed by atoms with Crippen LogP contribution in [0.5, 0.6) is 0 Å². The molecule has 0 spiro atoms. The molecule has 0 bridgehead atoms. The highest BCUT2D eigenvalue weighted by Gasteiger charge is 2.18. The van der Waals surface area contributed by atoms with E-state index in [2.05, 4.69) is 19.9 Å². The molecular weight excluding hydrogens is 442 g/mol. The molecule has 140 valence electrons. The maximum atomic E-state index is 6.19. The smallest absolute Gasteiger partial charge is 0.224 e. The number of nitrogens with two attached hydrogens (primary N) is 2. The minimum absolute atomic E-state index is 0.00155. The van der Waals surface area contributed by atoms with Crippen LogP contribution in [0, 0.1) is 0 Å². The highest BCUT2D eigenvalue weighted by Crippen LogP contribution is 2.36. The average Bonchev–Trinajstić information content (AvgIpc) is 2.65. The monoisotopic (exact) mass is 450 g/mol. The number of nitrogens with zero attached hydrogens (tertiary/aromatic N) is 4. The van der Waals surface area contributed by atoms with Crippen LogP contribution in [0.2, 0.25) is 20.1 Å². The predicted octanol–water partition coefficient (Wildman–Crippen LogP) is 5.53. The van der Waals surface area contributed by atoms with Gasteiger partial charge in [-0.15, -0.1) is 0 Å². The Labute approximate surface area is 179 Å². The Morgan fingerprint density at radius 2 is 1.14 bits per heavy atom. The van der Waals surface area contributed by atoms with Crippen LogP contribution in [0.25, 0.3) is 33.7 Å². The third-order valence-corrected chi connectivity index (χ3v) is 5.44. The minimum Gasteiger partial charge on any atom is -0.382 e. The summed E-state index contributed by atoms with van der Waals surface area (Å²) in [5, 5.41) is 1.60. The van der Waals surface area contributed by atoms with E-state index in [0.717, 1.165) is 0 Å². The van der Waals surface area contributed by atoms with Gasteiger partial charge in [-0.1, -0.05) is 58.5 Å². The first-order chi connectivity index (χ1) is 13.3. The highest BCUT2D eigenvalue weighted by molar-refractivity contribution is 6.42. The van der Waals surface area contributed by atoms with Gasteiger partial charge in [-0.3, -0.25) is 0 Å². The lowest BCUT2D eigenvalue weighted by molar-refractivity contribution is 1.17. The summed E-state index contributed by atoms with van der Waals surface area (Å²) in [4.78, 5) is 17.3. The first kappa shape index (κ1) is 19.0. The third-order valence-electron chi connectivity index (χ3n) is 3.96. The Bertz CT molecular complexity index is 1240. The average molecular weight is 452 g/mol. The van der Waals surface area contributed by atoms with Gasteiger partial charge in [0.1, 0.15) is 0 Å². The first-order valence-electron chi connectivity index (χ1n) is 7.85. The molecule has 0 aliphatic carbocycles. The lowest BCUT2D eigenvalue weighted by Crippen LogP contribution is -2.05. The van der Waals surface area contributed by atoms with E-state index in [1.165, 1.54) is 0 Å².